The van der Waals surface area contributed by atoms with Crippen molar-refractivity contribution in [2.75, 3.05) is 11.4 Å². The molecule has 88 valence electrons. The molecule has 0 saturated carbocycles. The van der Waals surface area contributed by atoms with Gasteiger partial charge in [0.2, 0.25) is 5.91 Å². The van der Waals surface area contributed by atoms with Gasteiger partial charge in [0.25, 0.3) is 5.56 Å². The highest BCUT2D eigenvalue weighted by Gasteiger charge is 2.39. The van der Waals surface area contributed by atoms with Crippen LogP contribution in [-0.4, -0.2) is 36.3 Å². The first-order valence-electron chi connectivity index (χ1n) is 4.39. The Balaban J connectivity index is 2.27. The number of aromatic amines is 2. The van der Waals surface area contributed by atoms with Gasteiger partial charge >= 0.3 is 10.2 Å². The molecule has 2 heterocycles. The molecule has 1 aromatic rings. The van der Waals surface area contributed by atoms with Crippen molar-refractivity contribution < 1.29 is 17.1 Å². The van der Waals surface area contributed by atoms with Crippen LogP contribution in [0.5, 0.6) is 0 Å². The third-order valence-electron chi connectivity index (χ3n) is 2.36. The Morgan fingerprint density at radius 1 is 1.38 bits per heavy atom. The van der Waals surface area contributed by atoms with Gasteiger partial charge in [0.15, 0.2) is 0 Å². The molecule has 1 aromatic heterocycles. The lowest BCUT2D eigenvalue weighted by Crippen LogP contribution is -2.27. The van der Waals surface area contributed by atoms with Gasteiger partial charge in [-0.25, -0.2) is 0 Å². The van der Waals surface area contributed by atoms with E-state index in [2.05, 4.69) is 10.2 Å². The summed E-state index contributed by atoms with van der Waals surface area (Å²) in [7, 11) is -4.73. The zero-order valence-electron chi connectivity index (χ0n) is 7.94. The highest BCUT2D eigenvalue weighted by molar-refractivity contribution is 7.87. The van der Waals surface area contributed by atoms with Gasteiger partial charge in [0, 0.05) is 19.0 Å². The first-order valence-corrected chi connectivity index (χ1v) is 5.84. The number of rotatable bonds is 2. The summed E-state index contributed by atoms with van der Waals surface area (Å²) in [5, 5.41) is 3.24. The summed E-state index contributed by atoms with van der Waals surface area (Å²) in [5.41, 5.74) is -0.450. The van der Waals surface area contributed by atoms with Crippen LogP contribution >= 0.6 is 0 Å². The number of aromatic nitrogens is 2. The van der Waals surface area contributed by atoms with Crippen molar-refractivity contribution in [2.24, 2.45) is 0 Å². The lowest BCUT2D eigenvalue weighted by molar-refractivity contribution is -0.117. The number of hydrogen-bond acceptors (Lipinski definition) is 4. The smallest absolute Gasteiger partial charge is 0.296 e. The van der Waals surface area contributed by atoms with E-state index >= 15 is 0 Å². The van der Waals surface area contributed by atoms with Crippen molar-refractivity contribution in [3.05, 3.63) is 16.4 Å². The van der Waals surface area contributed by atoms with Gasteiger partial charge in [0.1, 0.15) is 11.1 Å². The number of nitrogens with one attached hydrogen (secondary N) is 2. The van der Waals surface area contributed by atoms with Crippen molar-refractivity contribution in [3.8, 4) is 0 Å². The first-order chi connectivity index (χ1) is 7.38. The van der Waals surface area contributed by atoms with E-state index in [4.69, 9.17) is 0 Å². The number of anilines is 1. The fourth-order valence-corrected chi connectivity index (χ4v) is 2.23. The Labute approximate surface area is 89.5 Å². The molecule has 2 rings (SSSR count). The van der Waals surface area contributed by atoms with E-state index in [1.54, 1.807) is 0 Å². The van der Waals surface area contributed by atoms with Crippen LogP contribution in [0.25, 0.3) is 0 Å². The van der Waals surface area contributed by atoms with E-state index in [0.29, 0.717) is 0 Å². The molecule has 0 bridgehead atoms. The van der Waals surface area contributed by atoms with Gasteiger partial charge < -0.3 is 0 Å². The zero-order chi connectivity index (χ0) is 11.9. The lowest BCUT2D eigenvalue weighted by atomic mass is 10.4. The summed E-state index contributed by atoms with van der Waals surface area (Å²) in [6.07, 6.45) is -0.411. The summed E-state index contributed by atoms with van der Waals surface area (Å²) in [4.78, 5) is 23.2. The van der Waals surface area contributed by atoms with Crippen LogP contribution in [0.4, 0.5) is 9.70 Å². The molecule has 1 saturated heterocycles. The molecule has 1 amide bonds. The predicted molar refractivity (Wildman–Crippen MR) is 52.2 cm³/mol. The predicted octanol–water partition coefficient (Wildman–Crippen LogP) is -0.892. The second-order valence-electron chi connectivity index (χ2n) is 3.45. The van der Waals surface area contributed by atoms with Crippen molar-refractivity contribution in [2.45, 2.75) is 11.7 Å². The molecule has 1 aliphatic rings. The number of hydrogen-bond donors (Lipinski definition) is 2. The van der Waals surface area contributed by atoms with Crippen molar-refractivity contribution in [3.63, 3.8) is 0 Å². The molecule has 0 aliphatic carbocycles. The van der Waals surface area contributed by atoms with Crippen LogP contribution in [0.15, 0.2) is 10.9 Å². The monoisotopic (exact) mass is 249 g/mol. The number of H-pyrrole nitrogens is 2. The fraction of sp³-hybridized carbons (Fsp3) is 0.429. The molecule has 1 unspecified atom stereocenters. The van der Waals surface area contributed by atoms with E-state index in [0.717, 1.165) is 11.0 Å². The largest absolute Gasteiger partial charge is 0.307 e. The summed E-state index contributed by atoms with van der Waals surface area (Å²) in [5.74, 6) is -0.400. The number of nitrogens with zero attached hydrogens (tertiary/aromatic N) is 1. The van der Waals surface area contributed by atoms with Crippen LogP contribution in [0.1, 0.15) is 6.42 Å². The van der Waals surface area contributed by atoms with Gasteiger partial charge in [-0.2, -0.15) is 8.42 Å². The molecule has 1 atom stereocenters. The first kappa shape index (κ1) is 10.9. The zero-order valence-corrected chi connectivity index (χ0v) is 8.75. The normalized spacial score (nSPS) is 21.7. The van der Waals surface area contributed by atoms with Crippen LogP contribution in [-0.2, 0) is 15.0 Å². The minimum Gasteiger partial charge on any atom is -0.296 e. The Bertz CT molecular complexity index is 574. The average molecular weight is 249 g/mol. The standard InChI is InChI=1S/C7H8FN3O4S/c8-16(14,15)4-1-7(13)11(3-4)5-2-6(12)10-9-5/h2,4H,1,3H2,(H2,9,10,12). The number of halogens is 1. The summed E-state index contributed by atoms with van der Waals surface area (Å²) in [6.45, 7) is -0.286. The highest BCUT2D eigenvalue weighted by Crippen LogP contribution is 2.23. The number of carbonyl (C=O) groups is 1. The molecule has 0 radical (unpaired) electrons. The third-order valence-corrected chi connectivity index (χ3v) is 3.47. The minimum absolute atomic E-state index is 0.140. The molecular formula is C7H8FN3O4S. The Morgan fingerprint density at radius 2 is 2.06 bits per heavy atom. The quantitative estimate of drug-likeness (QED) is 0.663. The van der Waals surface area contributed by atoms with E-state index in [1.165, 1.54) is 0 Å². The van der Waals surface area contributed by atoms with Gasteiger partial charge in [-0.15, -0.1) is 3.89 Å². The topological polar surface area (TPSA) is 103 Å². The fourth-order valence-electron chi connectivity index (χ4n) is 1.56. The van der Waals surface area contributed by atoms with Gasteiger partial charge in [-0.3, -0.25) is 24.7 Å². The Morgan fingerprint density at radius 3 is 2.50 bits per heavy atom. The second-order valence-corrected chi connectivity index (χ2v) is 5.07. The number of amides is 1. The van der Waals surface area contributed by atoms with Crippen molar-refractivity contribution in [1.82, 2.24) is 10.2 Å². The van der Waals surface area contributed by atoms with Crippen LogP contribution < -0.4 is 10.5 Å². The maximum Gasteiger partial charge on any atom is 0.307 e. The molecule has 16 heavy (non-hydrogen) atoms. The van der Waals surface area contributed by atoms with Crippen LogP contribution in [0.3, 0.4) is 0 Å². The summed E-state index contributed by atoms with van der Waals surface area (Å²) >= 11 is 0. The maximum atomic E-state index is 12.7. The van der Waals surface area contributed by atoms with E-state index in [-0.39, 0.29) is 12.4 Å². The average Bonchev–Trinajstić information content (AvgIpc) is 2.70. The molecule has 7 nitrogen and oxygen atoms in total. The van der Waals surface area contributed by atoms with E-state index < -0.39 is 33.4 Å². The Hall–Kier alpha value is -1.64. The van der Waals surface area contributed by atoms with Crippen LogP contribution in [0.2, 0.25) is 0 Å². The van der Waals surface area contributed by atoms with Gasteiger partial charge in [-0.1, -0.05) is 0 Å². The molecule has 2 N–H and O–H groups in total. The molecule has 0 aromatic carbocycles. The molecule has 1 fully saturated rings. The molecular weight excluding hydrogens is 241 g/mol. The van der Waals surface area contributed by atoms with Crippen molar-refractivity contribution >= 4 is 21.9 Å². The second kappa shape index (κ2) is 3.44. The summed E-state index contributed by atoms with van der Waals surface area (Å²) < 4.78 is 33.9. The van der Waals surface area contributed by atoms with Crippen LogP contribution in [0, 0.1) is 0 Å². The number of carbonyl (C=O) groups excluding carboxylic acids is 1. The maximum absolute atomic E-state index is 12.7. The molecule has 1 aliphatic heterocycles. The van der Waals surface area contributed by atoms with E-state index in [9.17, 15) is 21.9 Å². The minimum atomic E-state index is -4.73. The summed E-state index contributed by atoms with van der Waals surface area (Å²) in [6, 6.07) is 1.10. The molecule has 0 spiro atoms. The molecule has 9 heteroatoms. The Kier molecular flexibility index (Phi) is 2.34. The third kappa shape index (κ3) is 1.85. The highest BCUT2D eigenvalue weighted by atomic mass is 32.3. The van der Waals surface area contributed by atoms with Gasteiger partial charge in [0.05, 0.1) is 0 Å². The van der Waals surface area contributed by atoms with Crippen molar-refractivity contribution in [1.29, 1.82) is 0 Å². The van der Waals surface area contributed by atoms with Gasteiger partial charge in [-0.05, 0) is 0 Å². The lowest BCUT2D eigenvalue weighted by Gasteiger charge is -2.12. The SMILES string of the molecule is O=C1CC(S(=O)(=O)F)CN1c1cc(=O)[nH][nH]1. The van der Waals surface area contributed by atoms with E-state index in [1.807, 2.05) is 0 Å².